The predicted molar refractivity (Wildman–Crippen MR) is 70.5 cm³/mol. The topological polar surface area (TPSA) is 92.5 Å². The number of anilines is 3. The number of nitrogens with zero attached hydrogens (tertiary/aromatic N) is 3. The molecule has 0 amide bonds. The van der Waals surface area contributed by atoms with Crippen molar-refractivity contribution in [2.75, 3.05) is 11.1 Å². The SMILES string of the molecule is Cc1ccc(Nc2nc(N)nc3[nH]ncc23)cc1F. The van der Waals surface area contributed by atoms with E-state index in [9.17, 15) is 4.39 Å². The van der Waals surface area contributed by atoms with E-state index < -0.39 is 0 Å². The van der Waals surface area contributed by atoms with Gasteiger partial charge in [-0.2, -0.15) is 15.1 Å². The van der Waals surface area contributed by atoms with Crippen molar-refractivity contribution in [2.24, 2.45) is 0 Å². The molecule has 0 saturated carbocycles. The van der Waals surface area contributed by atoms with E-state index in [1.807, 2.05) is 0 Å². The van der Waals surface area contributed by atoms with Crippen LogP contribution in [0, 0.1) is 12.7 Å². The molecule has 2 aromatic heterocycles. The van der Waals surface area contributed by atoms with Crippen LogP contribution in [0.4, 0.5) is 21.8 Å². The van der Waals surface area contributed by atoms with Gasteiger partial charge in [0.25, 0.3) is 0 Å². The molecule has 0 unspecified atom stereocenters. The molecule has 0 saturated heterocycles. The molecule has 7 heteroatoms. The minimum Gasteiger partial charge on any atom is -0.368 e. The second kappa shape index (κ2) is 4.20. The predicted octanol–water partition coefficient (Wildman–Crippen LogP) is 2.13. The molecular weight excluding hydrogens is 247 g/mol. The third kappa shape index (κ3) is 2.05. The molecule has 6 nitrogen and oxygen atoms in total. The van der Waals surface area contributed by atoms with Crippen LogP contribution in [0.3, 0.4) is 0 Å². The Balaban J connectivity index is 2.04. The first kappa shape index (κ1) is 11.4. The van der Waals surface area contributed by atoms with E-state index in [0.29, 0.717) is 28.1 Å². The van der Waals surface area contributed by atoms with Crippen molar-refractivity contribution in [1.29, 1.82) is 0 Å². The Kier molecular flexibility index (Phi) is 2.52. The van der Waals surface area contributed by atoms with Crippen LogP contribution in [0.1, 0.15) is 5.56 Å². The largest absolute Gasteiger partial charge is 0.368 e. The molecule has 3 aromatic rings. The van der Waals surface area contributed by atoms with Crippen molar-refractivity contribution >= 4 is 28.5 Å². The summed E-state index contributed by atoms with van der Waals surface area (Å²) in [6, 6.07) is 4.86. The van der Waals surface area contributed by atoms with E-state index >= 15 is 0 Å². The van der Waals surface area contributed by atoms with Crippen molar-refractivity contribution in [3.05, 3.63) is 35.8 Å². The highest BCUT2D eigenvalue weighted by Gasteiger charge is 2.09. The zero-order valence-electron chi connectivity index (χ0n) is 10.1. The van der Waals surface area contributed by atoms with Gasteiger partial charge in [0.15, 0.2) is 5.65 Å². The maximum atomic E-state index is 13.5. The number of aromatic nitrogens is 4. The van der Waals surface area contributed by atoms with Crippen LogP contribution < -0.4 is 11.1 Å². The first-order valence-corrected chi connectivity index (χ1v) is 5.63. The molecule has 96 valence electrons. The molecule has 2 heterocycles. The molecule has 0 spiro atoms. The van der Waals surface area contributed by atoms with Crippen molar-refractivity contribution in [3.63, 3.8) is 0 Å². The van der Waals surface area contributed by atoms with Crippen LogP contribution in [0.5, 0.6) is 0 Å². The van der Waals surface area contributed by atoms with Gasteiger partial charge >= 0.3 is 0 Å². The monoisotopic (exact) mass is 258 g/mol. The highest BCUT2D eigenvalue weighted by Crippen LogP contribution is 2.24. The van der Waals surface area contributed by atoms with E-state index in [1.165, 1.54) is 6.07 Å². The minimum atomic E-state index is -0.282. The average molecular weight is 258 g/mol. The summed E-state index contributed by atoms with van der Waals surface area (Å²) >= 11 is 0. The van der Waals surface area contributed by atoms with Crippen molar-refractivity contribution in [1.82, 2.24) is 20.2 Å². The molecule has 0 aliphatic rings. The number of hydrogen-bond acceptors (Lipinski definition) is 5. The molecule has 0 bridgehead atoms. The maximum absolute atomic E-state index is 13.5. The fourth-order valence-electron chi connectivity index (χ4n) is 1.75. The summed E-state index contributed by atoms with van der Waals surface area (Å²) < 4.78 is 13.5. The van der Waals surface area contributed by atoms with Crippen LogP contribution in [0.25, 0.3) is 11.0 Å². The summed E-state index contributed by atoms with van der Waals surface area (Å²) in [5, 5.41) is 10.3. The number of benzene rings is 1. The molecule has 1 aromatic carbocycles. The smallest absolute Gasteiger partial charge is 0.224 e. The fourth-order valence-corrected chi connectivity index (χ4v) is 1.75. The Hall–Kier alpha value is -2.70. The number of fused-ring (bicyclic) bond motifs is 1. The molecule has 0 radical (unpaired) electrons. The van der Waals surface area contributed by atoms with E-state index in [2.05, 4.69) is 25.5 Å². The highest BCUT2D eigenvalue weighted by molar-refractivity contribution is 5.88. The molecule has 19 heavy (non-hydrogen) atoms. The summed E-state index contributed by atoms with van der Waals surface area (Å²) in [7, 11) is 0. The van der Waals surface area contributed by atoms with Crippen LogP contribution in [-0.2, 0) is 0 Å². The van der Waals surface area contributed by atoms with Gasteiger partial charge in [0.2, 0.25) is 5.95 Å². The Morgan fingerprint density at radius 2 is 2.16 bits per heavy atom. The van der Waals surface area contributed by atoms with Gasteiger partial charge in [0.1, 0.15) is 11.6 Å². The highest BCUT2D eigenvalue weighted by atomic mass is 19.1. The van der Waals surface area contributed by atoms with Crippen molar-refractivity contribution < 1.29 is 4.39 Å². The molecule has 0 aliphatic carbocycles. The van der Waals surface area contributed by atoms with Crippen LogP contribution in [0.15, 0.2) is 24.4 Å². The van der Waals surface area contributed by atoms with Crippen LogP contribution in [-0.4, -0.2) is 20.2 Å². The Morgan fingerprint density at radius 3 is 2.95 bits per heavy atom. The second-order valence-corrected chi connectivity index (χ2v) is 4.15. The van der Waals surface area contributed by atoms with Gasteiger partial charge in [-0.1, -0.05) is 6.07 Å². The number of aryl methyl sites for hydroxylation is 1. The van der Waals surface area contributed by atoms with Crippen molar-refractivity contribution in [2.45, 2.75) is 6.92 Å². The van der Waals surface area contributed by atoms with Gasteiger partial charge in [0.05, 0.1) is 11.6 Å². The molecule has 4 N–H and O–H groups in total. The lowest BCUT2D eigenvalue weighted by molar-refractivity contribution is 0.619. The average Bonchev–Trinajstić information content (AvgIpc) is 2.82. The van der Waals surface area contributed by atoms with E-state index in [1.54, 1.807) is 25.3 Å². The van der Waals surface area contributed by atoms with Gasteiger partial charge < -0.3 is 11.1 Å². The van der Waals surface area contributed by atoms with Gasteiger partial charge in [-0.3, -0.25) is 5.10 Å². The number of aromatic amines is 1. The third-order valence-electron chi connectivity index (χ3n) is 2.76. The normalized spacial score (nSPS) is 10.8. The number of nitrogen functional groups attached to an aromatic ring is 1. The summed E-state index contributed by atoms with van der Waals surface area (Å²) in [4.78, 5) is 8.10. The maximum Gasteiger partial charge on any atom is 0.224 e. The number of nitrogens with one attached hydrogen (secondary N) is 2. The number of nitrogens with two attached hydrogens (primary N) is 1. The number of H-pyrrole nitrogens is 1. The summed E-state index contributed by atoms with van der Waals surface area (Å²) in [6.07, 6.45) is 1.58. The first-order chi connectivity index (χ1) is 9.13. The lowest BCUT2D eigenvalue weighted by atomic mass is 10.2. The van der Waals surface area contributed by atoms with Crippen molar-refractivity contribution in [3.8, 4) is 0 Å². The second-order valence-electron chi connectivity index (χ2n) is 4.15. The quantitative estimate of drug-likeness (QED) is 0.654. The van der Waals surface area contributed by atoms with Crippen LogP contribution >= 0.6 is 0 Å². The zero-order chi connectivity index (χ0) is 13.4. The van der Waals surface area contributed by atoms with E-state index in [4.69, 9.17) is 5.73 Å². The van der Waals surface area contributed by atoms with Gasteiger partial charge in [-0.25, -0.2) is 4.39 Å². The molecule has 3 rings (SSSR count). The fraction of sp³-hybridized carbons (Fsp3) is 0.0833. The number of halogens is 1. The van der Waals surface area contributed by atoms with Gasteiger partial charge in [-0.15, -0.1) is 0 Å². The minimum absolute atomic E-state index is 0.117. The summed E-state index contributed by atoms with van der Waals surface area (Å²) in [6.45, 7) is 1.70. The van der Waals surface area contributed by atoms with E-state index in [-0.39, 0.29) is 11.8 Å². The lowest BCUT2D eigenvalue weighted by Crippen LogP contribution is -2.01. The van der Waals surface area contributed by atoms with Gasteiger partial charge in [-0.05, 0) is 24.6 Å². The van der Waals surface area contributed by atoms with Gasteiger partial charge in [0, 0.05) is 5.69 Å². The Morgan fingerprint density at radius 1 is 1.32 bits per heavy atom. The zero-order valence-corrected chi connectivity index (χ0v) is 10.1. The lowest BCUT2D eigenvalue weighted by Gasteiger charge is -2.08. The molecule has 0 aliphatic heterocycles. The number of hydrogen-bond donors (Lipinski definition) is 3. The first-order valence-electron chi connectivity index (χ1n) is 5.63. The van der Waals surface area contributed by atoms with E-state index in [0.717, 1.165) is 0 Å². The third-order valence-corrected chi connectivity index (χ3v) is 2.76. The summed E-state index contributed by atoms with van der Waals surface area (Å²) in [5.74, 6) is 0.321. The number of rotatable bonds is 2. The Bertz CT molecular complexity index is 751. The summed E-state index contributed by atoms with van der Waals surface area (Å²) in [5.41, 5.74) is 7.31. The molecular formula is C12H11FN6. The Labute approximate surface area is 107 Å². The molecule has 0 atom stereocenters. The standard InChI is InChI=1S/C12H11FN6/c1-6-2-3-7(4-9(6)13)16-10-8-5-15-19-11(8)18-12(14)17-10/h2-5H,1H3,(H4,14,15,16,17,18,19). The molecule has 0 fully saturated rings. The van der Waals surface area contributed by atoms with Crippen LogP contribution in [0.2, 0.25) is 0 Å².